The van der Waals surface area contributed by atoms with Gasteiger partial charge in [0.15, 0.2) is 0 Å². The van der Waals surface area contributed by atoms with E-state index in [0.717, 1.165) is 32.5 Å². The van der Waals surface area contributed by atoms with Crippen molar-refractivity contribution < 1.29 is 19.0 Å². The summed E-state index contributed by atoms with van der Waals surface area (Å²) in [6.45, 7) is 8.98. The van der Waals surface area contributed by atoms with E-state index < -0.39 is 6.10 Å². The lowest BCUT2D eigenvalue weighted by molar-refractivity contribution is -0.132. The number of amides is 1. The zero-order valence-electron chi connectivity index (χ0n) is 13.6. The highest BCUT2D eigenvalue weighted by atomic mass is 16.5. The van der Waals surface area contributed by atoms with Gasteiger partial charge in [-0.1, -0.05) is 0 Å². The summed E-state index contributed by atoms with van der Waals surface area (Å²) < 4.78 is 15.9. The fourth-order valence-corrected chi connectivity index (χ4v) is 2.35. The Balaban J connectivity index is 2.04. The summed E-state index contributed by atoms with van der Waals surface area (Å²) in [7, 11) is 1.77. The summed E-state index contributed by atoms with van der Waals surface area (Å²) in [6, 6.07) is 0. The zero-order chi connectivity index (χ0) is 15.5. The number of likely N-dealkylation sites (tertiary alicyclic amines) is 1. The molecule has 1 aliphatic heterocycles. The summed E-state index contributed by atoms with van der Waals surface area (Å²) in [6.07, 6.45) is 2.11. The van der Waals surface area contributed by atoms with E-state index >= 15 is 0 Å². The van der Waals surface area contributed by atoms with E-state index in [-0.39, 0.29) is 5.91 Å². The van der Waals surface area contributed by atoms with Crippen molar-refractivity contribution in [2.45, 2.75) is 38.9 Å². The molecule has 124 valence electrons. The van der Waals surface area contributed by atoms with E-state index in [1.54, 1.807) is 14.0 Å². The highest BCUT2D eigenvalue weighted by Gasteiger charge is 2.18. The fraction of sp³-hybridized carbons (Fsp3) is 0.933. The predicted octanol–water partition coefficient (Wildman–Crippen LogP) is 0.655. The second-order valence-electron chi connectivity index (χ2n) is 5.28. The number of carbonyl (C=O) groups excluding carboxylic acids is 1. The van der Waals surface area contributed by atoms with Crippen molar-refractivity contribution in [2.24, 2.45) is 0 Å². The van der Waals surface area contributed by atoms with E-state index in [9.17, 15) is 4.79 Å². The van der Waals surface area contributed by atoms with Crippen LogP contribution in [0.1, 0.15) is 26.7 Å². The molecule has 1 amide bonds. The first kappa shape index (κ1) is 18.4. The van der Waals surface area contributed by atoms with Crippen LogP contribution in [0.5, 0.6) is 0 Å². The zero-order valence-corrected chi connectivity index (χ0v) is 13.6. The van der Waals surface area contributed by atoms with Crippen molar-refractivity contribution in [3.63, 3.8) is 0 Å². The van der Waals surface area contributed by atoms with E-state index in [2.05, 4.69) is 10.2 Å². The first-order valence-electron chi connectivity index (χ1n) is 7.89. The maximum atomic E-state index is 11.8. The largest absolute Gasteiger partial charge is 0.381 e. The number of piperidine rings is 1. The summed E-state index contributed by atoms with van der Waals surface area (Å²) in [5, 5.41) is 2.92. The molecule has 6 heteroatoms. The number of nitrogens with zero attached hydrogens (tertiary/aromatic N) is 1. The molecule has 0 aliphatic carbocycles. The highest BCUT2D eigenvalue weighted by Crippen LogP contribution is 2.11. The SMILES string of the molecule is CCOCCOC(C)C(=O)NCCN1CCC(OC)CC1. The maximum Gasteiger partial charge on any atom is 0.248 e. The predicted molar refractivity (Wildman–Crippen MR) is 81.4 cm³/mol. The lowest BCUT2D eigenvalue weighted by Crippen LogP contribution is -2.43. The molecular formula is C15H30N2O4. The first-order chi connectivity index (χ1) is 10.2. The Morgan fingerprint density at radius 3 is 2.67 bits per heavy atom. The van der Waals surface area contributed by atoms with Crippen molar-refractivity contribution in [3.05, 3.63) is 0 Å². The number of carbonyl (C=O) groups is 1. The number of hydrogen-bond acceptors (Lipinski definition) is 5. The van der Waals surface area contributed by atoms with Gasteiger partial charge in [-0.25, -0.2) is 0 Å². The summed E-state index contributed by atoms with van der Waals surface area (Å²) >= 11 is 0. The van der Waals surface area contributed by atoms with Gasteiger partial charge in [0.2, 0.25) is 5.91 Å². The molecule has 0 radical (unpaired) electrons. The van der Waals surface area contributed by atoms with Crippen LogP contribution < -0.4 is 5.32 Å². The second-order valence-corrected chi connectivity index (χ2v) is 5.28. The van der Waals surface area contributed by atoms with Crippen LogP contribution in [0.15, 0.2) is 0 Å². The van der Waals surface area contributed by atoms with Crippen molar-refractivity contribution in [2.75, 3.05) is 53.1 Å². The summed E-state index contributed by atoms with van der Waals surface area (Å²) in [5.74, 6) is -0.0572. The third-order valence-electron chi connectivity index (χ3n) is 3.76. The molecule has 1 aliphatic rings. The smallest absolute Gasteiger partial charge is 0.248 e. The lowest BCUT2D eigenvalue weighted by Gasteiger charge is -2.31. The average molecular weight is 302 g/mol. The van der Waals surface area contributed by atoms with E-state index in [4.69, 9.17) is 14.2 Å². The Kier molecular flexibility index (Phi) is 9.58. The maximum absolute atomic E-state index is 11.8. The monoisotopic (exact) mass is 302 g/mol. The Hall–Kier alpha value is -0.690. The second kappa shape index (κ2) is 11.0. The molecule has 1 heterocycles. The van der Waals surface area contributed by atoms with E-state index in [0.29, 0.717) is 32.5 Å². The molecule has 1 unspecified atom stereocenters. The number of ether oxygens (including phenoxy) is 3. The van der Waals surface area contributed by atoms with Gasteiger partial charge in [-0.15, -0.1) is 0 Å². The van der Waals surface area contributed by atoms with Crippen LogP contribution in [0.3, 0.4) is 0 Å². The van der Waals surface area contributed by atoms with Crippen LogP contribution in [-0.4, -0.2) is 76.1 Å². The Morgan fingerprint density at radius 1 is 1.33 bits per heavy atom. The molecule has 1 N–H and O–H groups in total. The average Bonchev–Trinajstić information content (AvgIpc) is 2.52. The normalized spacial score (nSPS) is 18.6. The van der Waals surface area contributed by atoms with Crippen LogP contribution in [0.2, 0.25) is 0 Å². The molecule has 0 aromatic carbocycles. The third kappa shape index (κ3) is 7.76. The van der Waals surface area contributed by atoms with Crippen molar-refractivity contribution >= 4 is 5.91 Å². The summed E-state index contributed by atoms with van der Waals surface area (Å²) in [5.41, 5.74) is 0. The number of nitrogens with one attached hydrogen (secondary N) is 1. The topological polar surface area (TPSA) is 60.0 Å². The van der Waals surface area contributed by atoms with Crippen molar-refractivity contribution in [1.29, 1.82) is 0 Å². The van der Waals surface area contributed by atoms with Gasteiger partial charge in [0.25, 0.3) is 0 Å². The van der Waals surface area contributed by atoms with Crippen molar-refractivity contribution in [1.82, 2.24) is 10.2 Å². The Bertz CT molecular complexity index is 281. The summed E-state index contributed by atoms with van der Waals surface area (Å²) in [4.78, 5) is 14.2. The minimum Gasteiger partial charge on any atom is -0.381 e. The van der Waals surface area contributed by atoms with E-state index in [1.165, 1.54) is 0 Å². The van der Waals surface area contributed by atoms with Crippen LogP contribution in [-0.2, 0) is 19.0 Å². The molecule has 0 aromatic heterocycles. The number of hydrogen-bond donors (Lipinski definition) is 1. The third-order valence-corrected chi connectivity index (χ3v) is 3.76. The van der Waals surface area contributed by atoms with E-state index in [1.807, 2.05) is 6.92 Å². The Labute approximate surface area is 128 Å². The van der Waals surface area contributed by atoms with Crippen LogP contribution in [0, 0.1) is 0 Å². The van der Waals surface area contributed by atoms with Gasteiger partial charge >= 0.3 is 0 Å². The molecule has 1 atom stereocenters. The molecule has 6 nitrogen and oxygen atoms in total. The van der Waals surface area contributed by atoms with Gasteiger partial charge in [-0.2, -0.15) is 0 Å². The molecular weight excluding hydrogens is 272 g/mol. The standard InChI is InChI=1S/C15H30N2O4/c1-4-20-11-12-21-13(2)15(18)16-7-10-17-8-5-14(19-3)6-9-17/h13-14H,4-12H2,1-3H3,(H,16,18). The van der Waals surface area contributed by atoms with Gasteiger partial charge in [0.1, 0.15) is 6.10 Å². The first-order valence-corrected chi connectivity index (χ1v) is 7.89. The number of methoxy groups -OCH3 is 1. The number of rotatable bonds is 10. The minimum absolute atomic E-state index is 0.0572. The van der Waals surface area contributed by atoms with Crippen molar-refractivity contribution in [3.8, 4) is 0 Å². The quantitative estimate of drug-likeness (QED) is 0.601. The van der Waals surface area contributed by atoms with Crippen LogP contribution in [0.4, 0.5) is 0 Å². The minimum atomic E-state index is -0.426. The Morgan fingerprint density at radius 2 is 2.05 bits per heavy atom. The molecule has 1 saturated heterocycles. The molecule has 1 fully saturated rings. The molecule has 0 spiro atoms. The molecule has 0 saturated carbocycles. The highest BCUT2D eigenvalue weighted by molar-refractivity contribution is 5.80. The fourth-order valence-electron chi connectivity index (χ4n) is 2.35. The van der Waals surface area contributed by atoms with Gasteiger partial charge in [0, 0.05) is 39.9 Å². The van der Waals surface area contributed by atoms with Gasteiger partial charge in [0.05, 0.1) is 19.3 Å². The van der Waals surface area contributed by atoms with Crippen LogP contribution >= 0.6 is 0 Å². The van der Waals surface area contributed by atoms with Gasteiger partial charge < -0.3 is 24.4 Å². The lowest BCUT2D eigenvalue weighted by atomic mass is 10.1. The van der Waals surface area contributed by atoms with Crippen LogP contribution in [0.25, 0.3) is 0 Å². The molecule has 21 heavy (non-hydrogen) atoms. The van der Waals surface area contributed by atoms with Gasteiger partial charge in [-0.05, 0) is 26.7 Å². The molecule has 1 rings (SSSR count). The van der Waals surface area contributed by atoms with Gasteiger partial charge in [-0.3, -0.25) is 4.79 Å². The molecule has 0 aromatic rings. The molecule has 0 bridgehead atoms.